The van der Waals surface area contributed by atoms with Gasteiger partial charge in [-0.15, -0.1) is 10.2 Å². The minimum absolute atomic E-state index is 0.181. The smallest absolute Gasteiger partial charge is 0.261 e. The minimum Gasteiger partial charge on any atom is -0.295 e. The highest BCUT2D eigenvalue weighted by Gasteiger charge is 2.42. The predicted molar refractivity (Wildman–Crippen MR) is 77.5 cm³/mol. The Balaban J connectivity index is 1.89. The van der Waals surface area contributed by atoms with Gasteiger partial charge in [0.05, 0.1) is 5.56 Å². The molecule has 110 valence electrons. The number of piperidine rings is 1. The van der Waals surface area contributed by atoms with Gasteiger partial charge in [0, 0.05) is 17.2 Å². The Hall–Kier alpha value is -2.54. The molecule has 8 heteroatoms. The minimum atomic E-state index is -0.767. The number of imide groups is 1. The van der Waals surface area contributed by atoms with Crippen LogP contribution >= 0.6 is 11.6 Å². The Morgan fingerprint density at radius 1 is 1.23 bits per heavy atom. The molecule has 0 spiro atoms. The summed E-state index contributed by atoms with van der Waals surface area (Å²) in [4.78, 5) is 37.3. The Morgan fingerprint density at radius 2 is 2.05 bits per heavy atom. The maximum absolute atomic E-state index is 12.7. The SMILES string of the molecule is O=C1CCC(N2C(=O)c3cccc4c(Cl)nnc2c34)C(=O)N1. The third-order valence-corrected chi connectivity index (χ3v) is 4.22. The summed E-state index contributed by atoms with van der Waals surface area (Å²) in [7, 11) is 0. The van der Waals surface area contributed by atoms with E-state index < -0.39 is 11.9 Å². The van der Waals surface area contributed by atoms with Crippen LogP contribution in [-0.4, -0.2) is 34.0 Å². The van der Waals surface area contributed by atoms with Crippen LogP contribution in [0.3, 0.4) is 0 Å². The molecule has 0 saturated carbocycles. The number of carbonyl (C=O) groups is 3. The number of nitrogens with one attached hydrogen (secondary N) is 1. The number of amides is 3. The summed E-state index contributed by atoms with van der Waals surface area (Å²) < 4.78 is 0. The normalized spacial score (nSPS) is 20.7. The first-order chi connectivity index (χ1) is 10.6. The monoisotopic (exact) mass is 316 g/mol. The highest BCUT2D eigenvalue weighted by atomic mass is 35.5. The van der Waals surface area contributed by atoms with E-state index in [1.54, 1.807) is 18.2 Å². The molecule has 2 aromatic rings. The van der Waals surface area contributed by atoms with Gasteiger partial charge < -0.3 is 0 Å². The molecule has 1 fully saturated rings. The van der Waals surface area contributed by atoms with E-state index in [4.69, 9.17) is 11.6 Å². The molecule has 1 saturated heterocycles. The van der Waals surface area contributed by atoms with Crippen molar-refractivity contribution in [3.8, 4) is 0 Å². The fraction of sp³-hybridized carbons (Fsp3) is 0.214. The zero-order valence-corrected chi connectivity index (χ0v) is 11.9. The average molecular weight is 317 g/mol. The number of carbonyl (C=O) groups excluding carboxylic acids is 3. The van der Waals surface area contributed by atoms with E-state index in [0.29, 0.717) is 22.2 Å². The molecule has 1 aromatic carbocycles. The zero-order valence-electron chi connectivity index (χ0n) is 11.2. The highest BCUT2D eigenvalue weighted by Crippen LogP contribution is 2.39. The van der Waals surface area contributed by atoms with Crippen LogP contribution in [-0.2, 0) is 9.59 Å². The van der Waals surface area contributed by atoms with Crippen LogP contribution in [0.5, 0.6) is 0 Å². The van der Waals surface area contributed by atoms with Crippen molar-refractivity contribution in [1.29, 1.82) is 0 Å². The third kappa shape index (κ3) is 1.66. The van der Waals surface area contributed by atoms with Crippen molar-refractivity contribution in [1.82, 2.24) is 15.5 Å². The number of hydrogen-bond acceptors (Lipinski definition) is 5. The van der Waals surface area contributed by atoms with Crippen LogP contribution in [0.4, 0.5) is 5.82 Å². The summed E-state index contributed by atoms with van der Waals surface area (Å²) in [5.74, 6) is -0.846. The first kappa shape index (κ1) is 13.1. The first-order valence-corrected chi connectivity index (χ1v) is 7.08. The molecule has 0 aliphatic carbocycles. The molecule has 3 heterocycles. The van der Waals surface area contributed by atoms with Crippen molar-refractivity contribution in [2.24, 2.45) is 0 Å². The lowest BCUT2D eigenvalue weighted by molar-refractivity contribution is -0.134. The van der Waals surface area contributed by atoms with Crippen molar-refractivity contribution < 1.29 is 14.4 Å². The topological polar surface area (TPSA) is 92.3 Å². The molecule has 7 nitrogen and oxygen atoms in total. The van der Waals surface area contributed by atoms with Crippen LogP contribution in [0, 0.1) is 0 Å². The van der Waals surface area contributed by atoms with Crippen molar-refractivity contribution in [2.45, 2.75) is 18.9 Å². The van der Waals surface area contributed by atoms with Crippen LogP contribution in [0.25, 0.3) is 10.8 Å². The summed E-state index contributed by atoms with van der Waals surface area (Å²) in [5.41, 5.74) is 0.439. The average Bonchev–Trinajstić information content (AvgIpc) is 2.78. The summed E-state index contributed by atoms with van der Waals surface area (Å²) in [5, 5.41) is 11.5. The van der Waals surface area contributed by atoms with Crippen LogP contribution in [0.15, 0.2) is 18.2 Å². The van der Waals surface area contributed by atoms with Crippen molar-refractivity contribution in [3.63, 3.8) is 0 Å². The Morgan fingerprint density at radius 3 is 2.82 bits per heavy atom. The van der Waals surface area contributed by atoms with E-state index in [1.165, 1.54) is 4.90 Å². The summed E-state index contributed by atoms with van der Waals surface area (Å²) >= 11 is 6.03. The molecule has 1 aromatic heterocycles. The van der Waals surface area contributed by atoms with Crippen molar-refractivity contribution in [3.05, 3.63) is 28.9 Å². The third-order valence-electron chi connectivity index (χ3n) is 3.94. The van der Waals surface area contributed by atoms with Crippen LogP contribution in [0.2, 0.25) is 5.15 Å². The number of benzene rings is 1. The molecular formula is C14H9ClN4O3. The lowest BCUT2D eigenvalue weighted by Crippen LogP contribution is -2.53. The molecule has 0 bridgehead atoms. The molecule has 1 unspecified atom stereocenters. The van der Waals surface area contributed by atoms with E-state index in [1.807, 2.05) is 0 Å². The Labute approximate surface area is 129 Å². The summed E-state index contributed by atoms with van der Waals surface area (Å²) in [6.07, 6.45) is 0.441. The maximum Gasteiger partial charge on any atom is 0.261 e. The predicted octanol–water partition coefficient (Wildman–Crippen LogP) is 1.05. The molecule has 3 amide bonds. The second-order valence-corrected chi connectivity index (χ2v) is 5.54. The fourth-order valence-electron chi connectivity index (χ4n) is 2.95. The molecular weight excluding hydrogens is 308 g/mol. The lowest BCUT2D eigenvalue weighted by Gasteiger charge is -2.29. The Kier molecular flexibility index (Phi) is 2.67. The maximum atomic E-state index is 12.7. The standard InChI is InChI=1S/C14H9ClN4O3/c15-11-6-2-1-3-7-10(6)12(18-17-11)19(14(7)22)8-4-5-9(20)16-13(8)21/h1-3,8H,4-5H2,(H,16,20,21). The highest BCUT2D eigenvalue weighted by molar-refractivity contribution is 6.37. The van der Waals surface area contributed by atoms with Crippen LogP contribution in [0.1, 0.15) is 23.2 Å². The van der Waals surface area contributed by atoms with E-state index in [0.717, 1.165) is 0 Å². The van der Waals surface area contributed by atoms with Crippen molar-refractivity contribution in [2.75, 3.05) is 4.90 Å². The van der Waals surface area contributed by atoms with Crippen molar-refractivity contribution >= 4 is 45.9 Å². The number of nitrogens with zero attached hydrogens (tertiary/aromatic N) is 3. The second-order valence-electron chi connectivity index (χ2n) is 5.18. The molecule has 22 heavy (non-hydrogen) atoms. The summed E-state index contributed by atoms with van der Waals surface area (Å²) in [6, 6.07) is 4.36. The molecule has 4 rings (SSSR count). The van der Waals surface area contributed by atoms with Gasteiger partial charge in [0.1, 0.15) is 6.04 Å². The van der Waals surface area contributed by atoms with Gasteiger partial charge in [0.25, 0.3) is 5.91 Å². The van der Waals surface area contributed by atoms with E-state index in [-0.39, 0.29) is 29.8 Å². The van der Waals surface area contributed by atoms with Gasteiger partial charge in [-0.2, -0.15) is 0 Å². The molecule has 0 radical (unpaired) electrons. The molecule has 1 N–H and O–H groups in total. The zero-order chi connectivity index (χ0) is 15.4. The van der Waals surface area contributed by atoms with Gasteiger partial charge in [-0.05, 0) is 12.5 Å². The number of hydrogen-bond donors (Lipinski definition) is 1. The largest absolute Gasteiger partial charge is 0.295 e. The van der Waals surface area contributed by atoms with E-state index >= 15 is 0 Å². The van der Waals surface area contributed by atoms with Gasteiger partial charge in [0.15, 0.2) is 11.0 Å². The van der Waals surface area contributed by atoms with E-state index in [9.17, 15) is 14.4 Å². The lowest BCUT2D eigenvalue weighted by atomic mass is 10.0. The van der Waals surface area contributed by atoms with Gasteiger partial charge in [-0.25, -0.2) is 0 Å². The first-order valence-electron chi connectivity index (χ1n) is 6.70. The number of anilines is 1. The number of halogens is 1. The number of aromatic nitrogens is 2. The Bertz CT molecular complexity index is 867. The van der Waals surface area contributed by atoms with Crippen LogP contribution < -0.4 is 10.2 Å². The second kappa shape index (κ2) is 4.48. The molecule has 2 aliphatic rings. The van der Waals surface area contributed by atoms with Gasteiger partial charge in [0.2, 0.25) is 11.8 Å². The quantitative estimate of drug-likeness (QED) is 0.794. The number of rotatable bonds is 1. The fourth-order valence-corrected chi connectivity index (χ4v) is 3.15. The summed E-state index contributed by atoms with van der Waals surface area (Å²) in [6.45, 7) is 0. The van der Waals surface area contributed by atoms with Gasteiger partial charge in [-0.3, -0.25) is 24.6 Å². The van der Waals surface area contributed by atoms with Gasteiger partial charge >= 0.3 is 0 Å². The van der Waals surface area contributed by atoms with Gasteiger partial charge in [-0.1, -0.05) is 23.7 Å². The molecule has 2 aliphatic heterocycles. The molecule has 1 atom stereocenters. The van der Waals surface area contributed by atoms with E-state index in [2.05, 4.69) is 15.5 Å².